The first-order valence-corrected chi connectivity index (χ1v) is 9.24. The molecule has 1 aromatic rings. The highest BCUT2D eigenvalue weighted by Crippen LogP contribution is 2.33. The zero-order valence-corrected chi connectivity index (χ0v) is 15.0. The van der Waals surface area contributed by atoms with Crippen LogP contribution >= 0.6 is 31.9 Å². The maximum atomic E-state index is 12.5. The standard InChI is InChI=1S/C16H20Br2N2O/c17-11-6-8-14(12(18)9-11)20-16(21)15-7-5-10-3-1-2-4-13(10)19-15/h6,8-10,13,15,19H,1-5,7H2,(H,20,21). The summed E-state index contributed by atoms with van der Waals surface area (Å²) in [6.07, 6.45) is 7.31. The van der Waals surface area contributed by atoms with Crippen LogP contribution in [0.4, 0.5) is 5.69 Å². The number of piperidine rings is 1. The summed E-state index contributed by atoms with van der Waals surface area (Å²) in [6.45, 7) is 0. The van der Waals surface area contributed by atoms with E-state index in [1.165, 1.54) is 32.1 Å². The minimum Gasteiger partial charge on any atom is -0.324 e. The lowest BCUT2D eigenvalue weighted by Crippen LogP contribution is -2.53. The number of carbonyl (C=O) groups is 1. The number of halogens is 2. The van der Waals surface area contributed by atoms with E-state index in [0.717, 1.165) is 27.0 Å². The smallest absolute Gasteiger partial charge is 0.241 e. The Kier molecular flexibility index (Phi) is 5.02. The van der Waals surface area contributed by atoms with Gasteiger partial charge in [-0.3, -0.25) is 4.79 Å². The first-order chi connectivity index (χ1) is 10.1. The van der Waals surface area contributed by atoms with Crippen molar-refractivity contribution in [3.8, 4) is 0 Å². The largest absolute Gasteiger partial charge is 0.324 e. The van der Waals surface area contributed by atoms with Crippen LogP contribution in [0.5, 0.6) is 0 Å². The van der Waals surface area contributed by atoms with Crippen LogP contribution in [0.2, 0.25) is 0 Å². The molecule has 5 heteroatoms. The summed E-state index contributed by atoms with van der Waals surface area (Å²) >= 11 is 6.91. The molecule has 2 N–H and O–H groups in total. The van der Waals surface area contributed by atoms with E-state index in [-0.39, 0.29) is 11.9 Å². The number of benzene rings is 1. The molecule has 1 amide bonds. The number of anilines is 1. The van der Waals surface area contributed by atoms with Crippen molar-refractivity contribution in [2.45, 2.75) is 50.6 Å². The Morgan fingerprint density at radius 1 is 1.14 bits per heavy atom. The topological polar surface area (TPSA) is 41.1 Å². The van der Waals surface area contributed by atoms with Gasteiger partial charge in [0.1, 0.15) is 0 Å². The molecule has 1 saturated heterocycles. The minimum atomic E-state index is -0.0557. The Hall–Kier alpha value is -0.390. The van der Waals surface area contributed by atoms with E-state index >= 15 is 0 Å². The third-order valence-corrected chi connectivity index (χ3v) is 5.81. The van der Waals surface area contributed by atoms with Crippen LogP contribution in [-0.2, 0) is 4.79 Å². The maximum Gasteiger partial charge on any atom is 0.241 e. The molecule has 0 bridgehead atoms. The lowest BCUT2D eigenvalue weighted by molar-refractivity contribution is -0.119. The van der Waals surface area contributed by atoms with E-state index < -0.39 is 0 Å². The van der Waals surface area contributed by atoms with Gasteiger partial charge in [-0.2, -0.15) is 0 Å². The molecule has 1 aliphatic carbocycles. The van der Waals surface area contributed by atoms with Gasteiger partial charge >= 0.3 is 0 Å². The molecule has 2 fully saturated rings. The summed E-state index contributed by atoms with van der Waals surface area (Å²) < 4.78 is 1.89. The Bertz CT molecular complexity index is 535. The van der Waals surface area contributed by atoms with Gasteiger partial charge in [-0.1, -0.05) is 28.8 Å². The number of nitrogens with one attached hydrogen (secondary N) is 2. The van der Waals surface area contributed by atoms with Crippen LogP contribution in [0.3, 0.4) is 0 Å². The van der Waals surface area contributed by atoms with Crippen molar-refractivity contribution < 1.29 is 4.79 Å². The second kappa shape index (κ2) is 6.80. The Labute approximate surface area is 142 Å². The van der Waals surface area contributed by atoms with Crippen molar-refractivity contribution in [1.29, 1.82) is 0 Å². The maximum absolute atomic E-state index is 12.5. The van der Waals surface area contributed by atoms with Crippen molar-refractivity contribution in [1.82, 2.24) is 5.32 Å². The fourth-order valence-electron chi connectivity index (χ4n) is 3.51. The van der Waals surface area contributed by atoms with Crippen LogP contribution in [0, 0.1) is 5.92 Å². The first-order valence-electron chi connectivity index (χ1n) is 7.65. The summed E-state index contributed by atoms with van der Waals surface area (Å²) in [5.74, 6) is 0.865. The van der Waals surface area contributed by atoms with Crippen LogP contribution in [-0.4, -0.2) is 18.0 Å². The molecule has 1 heterocycles. The SMILES string of the molecule is O=C(Nc1ccc(Br)cc1Br)C1CCC2CCCCC2N1. The zero-order valence-electron chi connectivity index (χ0n) is 11.9. The van der Waals surface area contributed by atoms with E-state index in [1.54, 1.807) is 0 Å². The summed E-state index contributed by atoms with van der Waals surface area (Å²) in [4.78, 5) is 12.5. The van der Waals surface area contributed by atoms with Gasteiger partial charge < -0.3 is 10.6 Å². The van der Waals surface area contributed by atoms with Gasteiger partial charge in [-0.05, 0) is 65.7 Å². The Morgan fingerprint density at radius 3 is 2.76 bits per heavy atom. The molecule has 0 radical (unpaired) electrons. The average molecular weight is 416 g/mol. The fraction of sp³-hybridized carbons (Fsp3) is 0.562. The molecular weight excluding hydrogens is 396 g/mol. The van der Waals surface area contributed by atoms with Crippen LogP contribution in [0.25, 0.3) is 0 Å². The molecule has 21 heavy (non-hydrogen) atoms. The molecular formula is C16H20Br2N2O. The molecule has 2 aliphatic rings. The van der Waals surface area contributed by atoms with Gasteiger partial charge in [0.05, 0.1) is 11.7 Å². The van der Waals surface area contributed by atoms with Gasteiger partial charge in [0, 0.05) is 15.0 Å². The predicted molar refractivity (Wildman–Crippen MR) is 92.4 cm³/mol. The second-order valence-electron chi connectivity index (χ2n) is 6.06. The highest BCUT2D eigenvalue weighted by molar-refractivity contribution is 9.11. The van der Waals surface area contributed by atoms with Gasteiger partial charge in [-0.25, -0.2) is 0 Å². The third kappa shape index (κ3) is 3.69. The number of amides is 1. The molecule has 0 aromatic heterocycles. The summed E-state index contributed by atoms with van der Waals surface area (Å²) in [5, 5.41) is 6.60. The highest BCUT2D eigenvalue weighted by atomic mass is 79.9. The number of rotatable bonds is 2. The molecule has 3 atom stereocenters. The zero-order chi connectivity index (χ0) is 14.8. The molecule has 114 valence electrons. The van der Waals surface area contributed by atoms with Crippen molar-refractivity contribution in [2.75, 3.05) is 5.32 Å². The molecule has 3 nitrogen and oxygen atoms in total. The van der Waals surface area contributed by atoms with Gasteiger partial charge in [0.15, 0.2) is 0 Å². The molecule has 3 rings (SSSR count). The van der Waals surface area contributed by atoms with Crippen molar-refractivity contribution in [2.24, 2.45) is 5.92 Å². The van der Waals surface area contributed by atoms with Gasteiger partial charge in [0.2, 0.25) is 5.91 Å². The Balaban J connectivity index is 1.63. The first kappa shape index (κ1) is 15.5. The number of fused-ring (bicyclic) bond motifs is 1. The molecule has 1 saturated carbocycles. The van der Waals surface area contributed by atoms with E-state index in [4.69, 9.17) is 0 Å². The van der Waals surface area contributed by atoms with Crippen molar-refractivity contribution in [3.63, 3.8) is 0 Å². The van der Waals surface area contributed by atoms with Gasteiger partial charge in [-0.15, -0.1) is 0 Å². The lowest BCUT2D eigenvalue weighted by Gasteiger charge is -2.39. The quantitative estimate of drug-likeness (QED) is 0.748. The van der Waals surface area contributed by atoms with Gasteiger partial charge in [0.25, 0.3) is 0 Å². The number of carbonyl (C=O) groups excluding carboxylic acids is 1. The third-order valence-electron chi connectivity index (χ3n) is 4.66. The number of hydrogen-bond donors (Lipinski definition) is 2. The molecule has 0 spiro atoms. The highest BCUT2D eigenvalue weighted by Gasteiger charge is 2.34. The summed E-state index contributed by atoms with van der Waals surface area (Å²) in [6, 6.07) is 6.28. The molecule has 1 aliphatic heterocycles. The normalized spacial score (nSPS) is 28.8. The average Bonchev–Trinajstić information content (AvgIpc) is 2.49. The van der Waals surface area contributed by atoms with E-state index in [2.05, 4.69) is 42.5 Å². The fourth-order valence-corrected chi connectivity index (χ4v) is 4.66. The van der Waals surface area contributed by atoms with Crippen molar-refractivity contribution in [3.05, 3.63) is 27.1 Å². The van der Waals surface area contributed by atoms with E-state index in [1.807, 2.05) is 18.2 Å². The van der Waals surface area contributed by atoms with E-state index in [9.17, 15) is 4.79 Å². The summed E-state index contributed by atoms with van der Waals surface area (Å²) in [5.41, 5.74) is 0.829. The minimum absolute atomic E-state index is 0.0557. The van der Waals surface area contributed by atoms with Crippen LogP contribution < -0.4 is 10.6 Å². The predicted octanol–water partition coefficient (Wildman–Crippen LogP) is 4.46. The molecule has 1 aromatic carbocycles. The van der Waals surface area contributed by atoms with E-state index in [0.29, 0.717) is 6.04 Å². The monoisotopic (exact) mass is 414 g/mol. The van der Waals surface area contributed by atoms with Crippen molar-refractivity contribution >= 4 is 43.5 Å². The van der Waals surface area contributed by atoms with Crippen LogP contribution in [0.1, 0.15) is 38.5 Å². The summed E-state index contributed by atoms with van der Waals surface area (Å²) in [7, 11) is 0. The van der Waals surface area contributed by atoms with Crippen LogP contribution in [0.15, 0.2) is 27.1 Å². The molecule has 3 unspecified atom stereocenters. The lowest BCUT2D eigenvalue weighted by atomic mass is 9.77. The Morgan fingerprint density at radius 2 is 1.95 bits per heavy atom. The number of hydrogen-bond acceptors (Lipinski definition) is 2. The second-order valence-corrected chi connectivity index (χ2v) is 7.83.